The molecular formula is C18H20ClN3. The van der Waals surface area contributed by atoms with Gasteiger partial charge in [-0.2, -0.15) is 0 Å². The number of nitrogens with zero attached hydrogens (tertiary/aromatic N) is 3. The summed E-state index contributed by atoms with van der Waals surface area (Å²) < 4.78 is 0. The van der Waals surface area contributed by atoms with Crippen LogP contribution in [0.2, 0.25) is 5.02 Å². The molecule has 4 heteroatoms. The maximum absolute atomic E-state index is 5.96. The van der Waals surface area contributed by atoms with Crippen LogP contribution in [-0.4, -0.2) is 35.1 Å². The van der Waals surface area contributed by atoms with Crippen LogP contribution >= 0.6 is 11.6 Å². The SMILES string of the molecule is Clc1ccc(N2[C@@H]3CC[C@H]2CN(Cc2ccccc2)C3)nc1. The summed E-state index contributed by atoms with van der Waals surface area (Å²) >= 11 is 5.96. The van der Waals surface area contributed by atoms with E-state index in [0.717, 1.165) is 25.5 Å². The van der Waals surface area contributed by atoms with Gasteiger partial charge in [0, 0.05) is 37.9 Å². The standard InChI is InChI=1S/C18H20ClN3/c19-15-6-9-18(20-10-15)22-16-7-8-17(22)13-21(12-16)11-14-4-2-1-3-5-14/h1-6,9-10,16-17H,7-8,11-13H2/t16-,17+. The van der Waals surface area contributed by atoms with Crippen molar-refractivity contribution in [1.29, 1.82) is 0 Å². The highest BCUT2D eigenvalue weighted by atomic mass is 35.5. The smallest absolute Gasteiger partial charge is 0.129 e. The molecule has 2 aliphatic rings. The normalized spacial score (nSPS) is 24.7. The second-order valence-electron chi connectivity index (χ2n) is 6.31. The monoisotopic (exact) mass is 313 g/mol. The Kier molecular flexibility index (Phi) is 3.77. The van der Waals surface area contributed by atoms with E-state index in [-0.39, 0.29) is 0 Å². The topological polar surface area (TPSA) is 19.4 Å². The third kappa shape index (κ3) is 2.71. The number of hydrogen-bond acceptors (Lipinski definition) is 3. The van der Waals surface area contributed by atoms with Crippen molar-refractivity contribution in [2.45, 2.75) is 31.5 Å². The van der Waals surface area contributed by atoms with Crippen molar-refractivity contribution in [2.75, 3.05) is 18.0 Å². The maximum Gasteiger partial charge on any atom is 0.129 e. The van der Waals surface area contributed by atoms with E-state index in [9.17, 15) is 0 Å². The molecule has 4 rings (SSSR count). The Balaban J connectivity index is 1.48. The zero-order valence-electron chi connectivity index (χ0n) is 12.5. The van der Waals surface area contributed by atoms with Crippen LogP contribution in [0.4, 0.5) is 5.82 Å². The van der Waals surface area contributed by atoms with Gasteiger partial charge in [0.1, 0.15) is 5.82 Å². The average Bonchev–Trinajstić information content (AvgIpc) is 2.80. The molecule has 114 valence electrons. The first kappa shape index (κ1) is 14.0. The summed E-state index contributed by atoms with van der Waals surface area (Å²) in [5, 5.41) is 0.707. The average molecular weight is 314 g/mol. The Morgan fingerprint density at radius 3 is 2.36 bits per heavy atom. The highest BCUT2D eigenvalue weighted by Crippen LogP contribution is 2.34. The first-order chi connectivity index (χ1) is 10.8. The molecule has 0 saturated carbocycles. The Morgan fingerprint density at radius 1 is 1.00 bits per heavy atom. The molecular weight excluding hydrogens is 294 g/mol. The second-order valence-corrected chi connectivity index (χ2v) is 6.74. The minimum Gasteiger partial charge on any atom is -0.348 e. The first-order valence-corrected chi connectivity index (χ1v) is 8.33. The maximum atomic E-state index is 5.96. The van der Waals surface area contributed by atoms with Crippen LogP contribution in [0.25, 0.3) is 0 Å². The molecule has 0 N–H and O–H groups in total. The van der Waals surface area contributed by atoms with Crippen molar-refractivity contribution in [3.05, 3.63) is 59.2 Å². The van der Waals surface area contributed by atoms with Gasteiger partial charge in [-0.3, -0.25) is 4.90 Å². The molecule has 2 aromatic rings. The number of rotatable bonds is 3. The predicted octanol–water partition coefficient (Wildman–Crippen LogP) is 3.59. The van der Waals surface area contributed by atoms with Crippen molar-refractivity contribution in [3.8, 4) is 0 Å². The van der Waals surface area contributed by atoms with Crippen LogP contribution in [-0.2, 0) is 6.54 Å². The number of likely N-dealkylation sites (tertiary alicyclic amines) is 1. The highest BCUT2D eigenvalue weighted by molar-refractivity contribution is 6.30. The lowest BCUT2D eigenvalue weighted by Crippen LogP contribution is -2.53. The first-order valence-electron chi connectivity index (χ1n) is 7.96. The molecule has 2 saturated heterocycles. The molecule has 0 radical (unpaired) electrons. The third-order valence-electron chi connectivity index (χ3n) is 4.78. The lowest BCUT2D eigenvalue weighted by molar-refractivity contribution is 0.211. The largest absolute Gasteiger partial charge is 0.348 e. The minimum atomic E-state index is 0.580. The van der Waals surface area contributed by atoms with Gasteiger partial charge in [0.25, 0.3) is 0 Å². The molecule has 3 nitrogen and oxygen atoms in total. The number of anilines is 1. The summed E-state index contributed by atoms with van der Waals surface area (Å²) in [4.78, 5) is 9.63. The number of benzene rings is 1. The van der Waals surface area contributed by atoms with Gasteiger partial charge < -0.3 is 4.90 Å². The molecule has 22 heavy (non-hydrogen) atoms. The van der Waals surface area contributed by atoms with E-state index in [1.807, 2.05) is 6.07 Å². The van der Waals surface area contributed by atoms with Crippen molar-refractivity contribution in [3.63, 3.8) is 0 Å². The third-order valence-corrected chi connectivity index (χ3v) is 5.01. The molecule has 1 aromatic carbocycles. The number of halogens is 1. The molecule has 1 aromatic heterocycles. The van der Waals surface area contributed by atoms with Gasteiger partial charge in [0.2, 0.25) is 0 Å². The Hall–Kier alpha value is -1.58. The fraction of sp³-hybridized carbons (Fsp3) is 0.389. The van der Waals surface area contributed by atoms with Gasteiger partial charge in [-0.05, 0) is 30.5 Å². The van der Waals surface area contributed by atoms with Crippen LogP contribution in [0.1, 0.15) is 18.4 Å². The van der Waals surface area contributed by atoms with E-state index < -0.39 is 0 Å². The fourth-order valence-electron chi connectivity index (χ4n) is 3.86. The summed E-state index contributed by atoms with van der Waals surface area (Å²) in [6.45, 7) is 3.29. The number of aromatic nitrogens is 1. The summed E-state index contributed by atoms with van der Waals surface area (Å²) in [5.41, 5.74) is 1.40. The Labute approximate surface area is 136 Å². The van der Waals surface area contributed by atoms with Crippen LogP contribution in [0.3, 0.4) is 0 Å². The fourth-order valence-corrected chi connectivity index (χ4v) is 3.97. The molecule has 2 aliphatic heterocycles. The van der Waals surface area contributed by atoms with Crippen molar-refractivity contribution in [2.24, 2.45) is 0 Å². The molecule has 0 spiro atoms. The summed E-state index contributed by atoms with van der Waals surface area (Å²) in [7, 11) is 0. The van der Waals surface area contributed by atoms with Crippen molar-refractivity contribution in [1.82, 2.24) is 9.88 Å². The second kappa shape index (κ2) is 5.90. The van der Waals surface area contributed by atoms with Gasteiger partial charge >= 0.3 is 0 Å². The zero-order chi connectivity index (χ0) is 14.9. The molecule has 0 amide bonds. The van der Waals surface area contributed by atoms with E-state index in [2.05, 4.69) is 51.2 Å². The quantitative estimate of drug-likeness (QED) is 0.863. The Bertz CT molecular complexity index is 615. The van der Waals surface area contributed by atoms with E-state index in [1.54, 1.807) is 6.20 Å². The number of hydrogen-bond donors (Lipinski definition) is 0. The highest BCUT2D eigenvalue weighted by Gasteiger charge is 2.40. The van der Waals surface area contributed by atoms with Gasteiger partial charge in [-0.15, -0.1) is 0 Å². The van der Waals surface area contributed by atoms with Gasteiger partial charge in [0.15, 0.2) is 0 Å². The van der Waals surface area contributed by atoms with Crippen molar-refractivity contribution < 1.29 is 0 Å². The van der Waals surface area contributed by atoms with Crippen LogP contribution in [0.5, 0.6) is 0 Å². The van der Waals surface area contributed by atoms with E-state index in [1.165, 1.54) is 18.4 Å². The van der Waals surface area contributed by atoms with Crippen molar-refractivity contribution >= 4 is 17.4 Å². The van der Waals surface area contributed by atoms with Crippen LogP contribution < -0.4 is 4.90 Å². The lowest BCUT2D eigenvalue weighted by atomic mass is 10.1. The van der Waals surface area contributed by atoms with Gasteiger partial charge in [0.05, 0.1) is 5.02 Å². The lowest BCUT2D eigenvalue weighted by Gasteiger charge is -2.41. The number of piperazine rings is 1. The molecule has 0 aliphatic carbocycles. The summed E-state index contributed by atoms with van der Waals surface area (Å²) in [6, 6.07) is 15.9. The molecule has 0 unspecified atom stereocenters. The number of fused-ring (bicyclic) bond motifs is 2. The van der Waals surface area contributed by atoms with Gasteiger partial charge in [-0.1, -0.05) is 41.9 Å². The van der Waals surface area contributed by atoms with E-state index >= 15 is 0 Å². The van der Waals surface area contributed by atoms with E-state index in [0.29, 0.717) is 17.1 Å². The number of pyridine rings is 1. The summed E-state index contributed by atoms with van der Waals surface area (Å²) in [6.07, 6.45) is 4.28. The molecule has 3 heterocycles. The molecule has 2 bridgehead atoms. The minimum absolute atomic E-state index is 0.580. The van der Waals surface area contributed by atoms with E-state index in [4.69, 9.17) is 11.6 Å². The van der Waals surface area contributed by atoms with Gasteiger partial charge in [-0.25, -0.2) is 4.98 Å². The molecule has 2 atom stereocenters. The van der Waals surface area contributed by atoms with Crippen LogP contribution in [0, 0.1) is 0 Å². The predicted molar refractivity (Wildman–Crippen MR) is 90.3 cm³/mol. The van der Waals surface area contributed by atoms with Crippen LogP contribution in [0.15, 0.2) is 48.7 Å². The Morgan fingerprint density at radius 2 is 1.73 bits per heavy atom. The summed E-state index contributed by atoms with van der Waals surface area (Å²) in [5.74, 6) is 1.08. The molecule has 2 fully saturated rings. The zero-order valence-corrected chi connectivity index (χ0v) is 13.3.